The van der Waals surface area contributed by atoms with Crippen LogP contribution in [0.5, 0.6) is 0 Å². The molecule has 7 nitrogen and oxygen atoms in total. The number of benzene rings is 1. The van der Waals surface area contributed by atoms with Crippen LogP contribution in [0, 0.1) is 6.92 Å². The molecule has 3 rings (SSSR count). The van der Waals surface area contributed by atoms with Crippen LogP contribution in [0.2, 0.25) is 0 Å². The molecule has 0 saturated heterocycles. The highest BCUT2D eigenvalue weighted by atomic mass is 16.5. The third-order valence-corrected chi connectivity index (χ3v) is 2.90. The fourth-order valence-electron chi connectivity index (χ4n) is 2.03. The lowest BCUT2D eigenvalue weighted by molar-refractivity contribution is -0.115. The number of hydrogen-bond donors (Lipinski definition) is 3. The van der Waals surface area contributed by atoms with Gasteiger partial charge in [0, 0.05) is 5.69 Å². The molecule has 0 bridgehead atoms. The molecule has 0 spiro atoms. The first-order valence-corrected chi connectivity index (χ1v) is 5.87. The molecule has 7 heteroatoms. The fourth-order valence-corrected chi connectivity index (χ4v) is 2.03. The number of nitrogens with two attached hydrogens (primary N) is 1. The Kier molecular flexibility index (Phi) is 2.59. The summed E-state index contributed by atoms with van der Waals surface area (Å²) in [6.45, 7) is 2.14. The fraction of sp³-hybridized carbons (Fsp3) is 0.250. The summed E-state index contributed by atoms with van der Waals surface area (Å²) in [5.74, 6) is 1.06. The van der Waals surface area contributed by atoms with Gasteiger partial charge in [0.25, 0.3) is 0 Å². The van der Waals surface area contributed by atoms with Gasteiger partial charge in [0.05, 0.1) is 24.3 Å². The summed E-state index contributed by atoms with van der Waals surface area (Å²) in [4.78, 5) is 15.4. The number of anilines is 3. The standard InChI is InChI=1S/C12H13N5O2/c1-6-15-12(19-17-6)5-14-10-4-9-7(2-8(10)13)3-11(18)16-9/h2,4,14H,3,5,13H2,1H3,(H,16,18). The minimum atomic E-state index is -0.0147. The zero-order valence-corrected chi connectivity index (χ0v) is 10.4. The number of nitrogen functional groups attached to an aromatic ring is 1. The van der Waals surface area contributed by atoms with Crippen molar-refractivity contribution in [3.63, 3.8) is 0 Å². The van der Waals surface area contributed by atoms with Gasteiger partial charge < -0.3 is 20.9 Å². The van der Waals surface area contributed by atoms with Crippen LogP contribution >= 0.6 is 0 Å². The maximum Gasteiger partial charge on any atom is 0.245 e. The second kappa shape index (κ2) is 4.27. The molecular weight excluding hydrogens is 246 g/mol. The normalized spacial score (nSPS) is 13.2. The Bertz CT molecular complexity index is 650. The summed E-state index contributed by atoms with van der Waals surface area (Å²) >= 11 is 0. The van der Waals surface area contributed by atoms with Crippen molar-refractivity contribution < 1.29 is 9.32 Å². The summed E-state index contributed by atoms with van der Waals surface area (Å²) in [5, 5.41) is 9.60. The lowest BCUT2D eigenvalue weighted by Crippen LogP contribution is -2.04. The lowest BCUT2D eigenvalue weighted by Gasteiger charge is -2.09. The van der Waals surface area contributed by atoms with Gasteiger partial charge in [-0.25, -0.2) is 0 Å². The summed E-state index contributed by atoms with van der Waals surface area (Å²) in [7, 11) is 0. The van der Waals surface area contributed by atoms with E-state index >= 15 is 0 Å². The van der Waals surface area contributed by atoms with Gasteiger partial charge in [0.2, 0.25) is 11.8 Å². The molecule has 1 aliphatic rings. The number of nitrogens with zero attached hydrogens (tertiary/aromatic N) is 2. The van der Waals surface area contributed by atoms with E-state index < -0.39 is 0 Å². The van der Waals surface area contributed by atoms with E-state index in [1.165, 1.54) is 0 Å². The Balaban J connectivity index is 1.78. The summed E-state index contributed by atoms with van der Waals surface area (Å²) in [5.41, 5.74) is 8.98. The quantitative estimate of drug-likeness (QED) is 0.712. The van der Waals surface area contributed by atoms with E-state index in [0.29, 0.717) is 30.4 Å². The SMILES string of the molecule is Cc1noc(CNc2cc3c(cc2N)CC(=O)N3)n1. The van der Waals surface area contributed by atoms with Crippen LogP contribution in [0.3, 0.4) is 0 Å². The zero-order valence-electron chi connectivity index (χ0n) is 10.4. The second-order valence-electron chi connectivity index (χ2n) is 4.41. The van der Waals surface area contributed by atoms with E-state index in [2.05, 4.69) is 20.8 Å². The number of amides is 1. The van der Waals surface area contributed by atoms with Gasteiger partial charge in [-0.3, -0.25) is 4.79 Å². The Hall–Kier alpha value is -2.57. The molecule has 0 radical (unpaired) electrons. The minimum Gasteiger partial charge on any atom is -0.397 e. The minimum absolute atomic E-state index is 0.0147. The third kappa shape index (κ3) is 2.22. The van der Waals surface area contributed by atoms with E-state index in [1.54, 1.807) is 13.0 Å². The average molecular weight is 259 g/mol. The lowest BCUT2D eigenvalue weighted by atomic mass is 10.1. The molecule has 98 valence electrons. The maximum atomic E-state index is 11.3. The van der Waals surface area contributed by atoms with E-state index in [-0.39, 0.29) is 5.91 Å². The van der Waals surface area contributed by atoms with Gasteiger partial charge >= 0.3 is 0 Å². The van der Waals surface area contributed by atoms with Gasteiger partial charge in [0.1, 0.15) is 0 Å². The molecule has 1 aliphatic heterocycles. The molecule has 1 aromatic heterocycles. The highest BCUT2D eigenvalue weighted by Gasteiger charge is 2.19. The van der Waals surface area contributed by atoms with Gasteiger partial charge in [-0.2, -0.15) is 4.98 Å². The molecule has 1 amide bonds. The Morgan fingerprint density at radius 2 is 2.37 bits per heavy atom. The third-order valence-electron chi connectivity index (χ3n) is 2.90. The predicted molar refractivity (Wildman–Crippen MR) is 69.5 cm³/mol. The first-order chi connectivity index (χ1) is 9.11. The molecule has 0 unspecified atom stereocenters. The Morgan fingerprint density at radius 3 is 3.11 bits per heavy atom. The number of hydrogen-bond acceptors (Lipinski definition) is 6. The van der Waals surface area contributed by atoms with Crippen LogP contribution in [0.15, 0.2) is 16.7 Å². The molecule has 4 N–H and O–H groups in total. The summed E-state index contributed by atoms with van der Waals surface area (Å²) < 4.78 is 5.00. The van der Waals surface area contributed by atoms with Crippen LogP contribution < -0.4 is 16.4 Å². The van der Waals surface area contributed by atoms with Gasteiger partial charge in [-0.15, -0.1) is 0 Å². The van der Waals surface area contributed by atoms with Crippen LogP contribution in [0.25, 0.3) is 0 Å². The summed E-state index contributed by atoms with van der Waals surface area (Å²) in [6.07, 6.45) is 0.378. The van der Waals surface area contributed by atoms with Crippen molar-refractivity contribution >= 4 is 23.0 Å². The van der Waals surface area contributed by atoms with E-state index in [0.717, 1.165) is 16.9 Å². The molecule has 0 atom stereocenters. The van der Waals surface area contributed by atoms with Gasteiger partial charge in [0.15, 0.2) is 5.82 Å². The van der Waals surface area contributed by atoms with Crippen LogP contribution in [-0.2, 0) is 17.8 Å². The number of fused-ring (bicyclic) bond motifs is 1. The number of aromatic nitrogens is 2. The highest BCUT2D eigenvalue weighted by Crippen LogP contribution is 2.31. The average Bonchev–Trinajstić information content (AvgIpc) is 2.91. The Labute approximate surface area is 109 Å². The maximum absolute atomic E-state index is 11.3. The van der Waals surface area contributed by atoms with E-state index in [1.807, 2.05) is 6.07 Å². The van der Waals surface area contributed by atoms with E-state index in [4.69, 9.17) is 10.3 Å². The molecule has 0 saturated carbocycles. The predicted octanol–water partition coefficient (Wildman–Crippen LogP) is 1.07. The van der Waals surface area contributed by atoms with E-state index in [9.17, 15) is 4.79 Å². The Morgan fingerprint density at radius 1 is 1.53 bits per heavy atom. The zero-order chi connectivity index (χ0) is 13.4. The number of carbonyl (C=O) groups is 1. The van der Waals surface area contributed by atoms with Gasteiger partial charge in [-0.1, -0.05) is 5.16 Å². The van der Waals surface area contributed by atoms with Crippen molar-refractivity contribution in [2.24, 2.45) is 0 Å². The van der Waals surface area contributed by atoms with Crippen molar-refractivity contribution in [3.05, 3.63) is 29.4 Å². The number of nitrogens with one attached hydrogen (secondary N) is 2. The van der Waals surface area contributed by atoms with Crippen molar-refractivity contribution in [1.29, 1.82) is 0 Å². The number of aryl methyl sites for hydroxylation is 1. The van der Waals surface area contributed by atoms with Crippen molar-refractivity contribution in [2.75, 3.05) is 16.4 Å². The monoisotopic (exact) mass is 259 g/mol. The largest absolute Gasteiger partial charge is 0.397 e. The van der Waals surface area contributed by atoms with Crippen LogP contribution in [0.4, 0.5) is 17.1 Å². The van der Waals surface area contributed by atoms with Gasteiger partial charge in [-0.05, 0) is 24.6 Å². The molecule has 0 aliphatic carbocycles. The topological polar surface area (TPSA) is 106 Å². The smallest absolute Gasteiger partial charge is 0.245 e. The molecular formula is C12H13N5O2. The number of carbonyl (C=O) groups excluding carboxylic acids is 1. The second-order valence-corrected chi connectivity index (χ2v) is 4.41. The van der Waals surface area contributed by atoms with Crippen LogP contribution in [-0.4, -0.2) is 16.0 Å². The molecule has 2 aromatic rings. The van der Waals surface area contributed by atoms with Crippen molar-refractivity contribution in [2.45, 2.75) is 19.9 Å². The molecule has 0 fully saturated rings. The molecule has 1 aromatic carbocycles. The van der Waals surface area contributed by atoms with Crippen LogP contribution in [0.1, 0.15) is 17.3 Å². The highest BCUT2D eigenvalue weighted by molar-refractivity contribution is 6.00. The summed E-state index contributed by atoms with van der Waals surface area (Å²) in [6, 6.07) is 3.62. The first-order valence-electron chi connectivity index (χ1n) is 5.87. The van der Waals surface area contributed by atoms with Crippen molar-refractivity contribution in [1.82, 2.24) is 10.1 Å². The molecule has 2 heterocycles. The first kappa shape index (κ1) is 11.5. The molecule has 19 heavy (non-hydrogen) atoms. The van der Waals surface area contributed by atoms with Crippen molar-refractivity contribution in [3.8, 4) is 0 Å². The number of rotatable bonds is 3.